The van der Waals surface area contributed by atoms with Crippen LogP contribution in [0.4, 0.5) is 26.3 Å². The van der Waals surface area contributed by atoms with Gasteiger partial charge in [-0.2, -0.15) is 0 Å². The zero-order valence-electron chi connectivity index (χ0n) is 11.5. The Hall–Kier alpha value is -2.12. The van der Waals surface area contributed by atoms with Crippen LogP contribution in [-0.4, -0.2) is 14.4 Å². The molecule has 22 heavy (non-hydrogen) atoms. The van der Waals surface area contributed by atoms with Gasteiger partial charge in [0.1, 0.15) is 17.4 Å². The molecule has 0 N–H and O–H groups in total. The van der Waals surface area contributed by atoms with Crippen LogP contribution in [0.1, 0.15) is 5.56 Å². The molecule has 1 nitrogen and oxygen atoms in total. The monoisotopic (exact) mass is 318 g/mol. The third kappa shape index (κ3) is 2.65. The van der Waals surface area contributed by atoms with Crippen molar-refractivity contribution >= 4 is 18.2 Å². The standard InChI is InChI=1S/C14H9BF6O/c1-5-11(18)13(20)10(14(21)12(5)19)15-9-7(16)3-6(22-2)4-8(9)17/h3-4,15H,1-2H3. The van der Waals surface area contributed by atoms with Gasteiger partial charge in [0.25, 0.3) is 0 Å². The van der Waals surface area contributed by atoms with Gasteiger partial charge in [0.05, 0.1) is 7.11 Å². The van der Waals surface area contributed by atoms with Crippen LogP contribution in [-0.2, 0) is 0 Å². The van der Waals surface area contributed by atoms with Gasteiger partial charge in [-0.15, -0.1) is 0 Å². The first-order chi connectivity index (χ1) is 10.3. The van der Waals surface area contributed by atoms with Gasteiger partial charge >= 0.3 is 0 Å². The van der Waals surface area contributed by atoms with E-state index in [1.807, 2.05) is 0 Å². The van der Waals surface area contributed by atoms with E-state index < -0.39 is 58.7 Å². The zero-order valence-corrected chi connectivity index (χ0v) is 11.5. The maximum absolute atomic E-state index is 13.8. The predicted octanol–water partition coefficient (Wildman–Crippen LogP) is 2.23. The van der Waals surface area contributed by atoms with Crippen molar-refractivity contribution < 1.29 is 31.1 Å². The number of methoxy groups -OCH3 is 1. The molecule has 0 heterocycles. The van der Waals surface area contributed by atoms with Crippen molar-refractivity contribution in [2.45, 2.75) is 6.92 Å². The Balaban J connectivity index is 2.58. The third-order valence-electron chi connectivity index (χ3n) is 3.28. The van der Waals surface area contributed by atoms with Crippen LogP contribution >= 0.6 is 0 Å². The first-order valence-corrected chi connectivity index (χ1v) is 6.11. The molecule has 0 spiro atoms. The molecule has 0 fully saturated rings. The van der Waals surface area contributed by atoms with Crippen LogP contribution < -0.4 is 15.7 Å². The second kappa shape index (κ2) is 5.94. The Morgan fingerprint density at radius 3 is 1.64 bits per heavy atom. The second-order valence-electron chi connectivity index (χ2n) is 4.61. The van der Waals surface area contributed by atoms with E-state index in [9.17, 15) is 26.3 Å². The van der Waals surface area contributed by atoms with Gasteiger partial charge in [-0.25, -0.2) is 26.3 Å². The Morgan fingerprint density at radius 2 is 1.23 bits per heavy atom. The Bertz CT molecular complexity index is 695. The summed E-state index contributed by atoms with van der Waals surface area (Å²) >= 11 is 0. The van der Waals surface area contributed by atoms with Crippen LogP contribution in [0.3, 0.4) is 0 Å². The molecule has 0 amide bonds. The minimum Gasteiger partial charge on any atom is -0.497 e. The van der Waals surface area contributed by atoms with Crippen molar-refractivity contribution in [3.05, 3.63) is 52.6 Å². The van der Waals surface area contributed by atoms with Crippen molar-refractivity contribution in [2.75, 3.05) is 7.11 Å². The normalized spacial score (nSPS) is 10.7. The molecule has 0 aliphatic carbocycles. The van der Waals surface area contributed by atoms with Crippen molar-refractivity contribution in [3.63, 3.8) is 0 Å². The summed E-state index contributed by atoms with van der Waals surface area (Å²) in [6.45, 7) is 0.856. The molecule has 0 saturated heterocycles. The molecule has 0 unspecified atom stereocenters. The number of benzene rings is 2. The van der Waals surface area contributed by atoms with Crippen LogP contribution in [0.15, 0.2) is 12.1 Å². The van der Waals surface area contributed by atoms with E-state index in [2.05, 4.69) is 4.74 Å². The molecule has 8 heteroatoms. The highest BCUT2D eigenvalue weighted by Crippen LogP contribution is 2.17. The van der Waals surface area contributed by atoms with E-state index >= 15 is 0 Å². The average Bonchev–Trinajstić information content (AvgIpc) is 2.49. The maximum Gasteiger partial charge on any atom is 0.208 e. The van der Waals surface area contributed by atoms with Crippen molar-refractivity contribution in [3.8, 4) is 5.75 Å². The van der Waals surface area contributed by atoms with Crippen molar-refractivity contribution in [2.24, 2.45) is 0 Å². The molecule has 0 aliphatic heterocycles. The minimum absolute atomic E-state index is 0.138. The molecular weight excluding hydrogens is 309 g/mol. The molecule has 0 aromatic heterocycles. The van der Waals surface area contributed by atoms with Crippen LogP contribution in [0.25, 0.3) is 0 Å². The lowest BCUT2D eigenvalue weighted by atomic mass is 9.62. The zero-order chi connectivity index (χ0) is 16.6. The van der Waals surface area contributed by atoms with Gasteiger partial charge in [0.15, 0.2) is 23.3 Å². The Labute approximate surface area is 122 Å². The van der Waals surface area contributed by atoms with Crippen molar-refractivity contribution in [1.29, 1.82) is 0 Å². The minimum atomic E-state index is -1.67. The lowest BCUT2D eigenvalue weighted by Gasteiger charge is -2.11. The van der Waals surface area contributed by atoms with E-state index in [0.29, 0.717) is 0 Å². The number of halogens is 6. The summed E-state index contributed by atoms with van der Waals surface area (Å²) in [7, 11) is 0.200. The predicted molar refractivity (Wildman–Crippen MR) is 70.3 cm³/mol. The maximum atomic E-state index is 13.8. The fourth-order valence-electron chi connectivity index (χ4n) is 1.99. The molecule has 116 valence electrons. The molecular formula is C14H9BF6O. The average molecular weight is 318 g/mol. The fourth-order valence-corrected chi connectivity index (χ4v) is 1.99. The molecule has 0 saturated carbocycles. The van der Waals surface area contributed by atoms with Crippen LogP contribution in [0.2, 0.25) is 0 Å². The highest BCUT2D eigenvalue weighted by atomic mass is 19.2. The van der Waals surface area contributed by atoms with Gasteiger partial charge in [0, 0.05) is 17.7 Å². The van der Waals surface area contributed by atoms with Crippen molar-refractivity contribution in [1.82, 2.24) is 0 Å². The van der Waals surface area contributed by atoms with Crippen LogP contribution in [0, 0.1) is 41.8 Å². The first kappa shape index (κ1) is 16.3. The highest BCUT2D eigenvalue weighted by molar-refractivity contribution is 6.67. The lowest BCUT2D eigenvalue weighted by molar-refractivity contribution is 0.407. The number of rotatable bonds is 3. The summed E-state index contributed by atoms with van der Waals surface area (Å²) in [5.74, 6) is -8.96. The smallest absolute Gasteiger partial charge is 0.208 e. The molecule has 0 atom stereocenters. The van der Waals surface area contributed by atoms with E-state index in [-0.39, 0.29) is 5.75 Å². The molecule has 2 aromatic carbocycles. The summed E-state index contributed by atoms with van der Waals surface area (Å²) in [6.07, 6.45) is 0. The summed E-state index contributed by atoms with van der Waals surface area (Å²) in [5, 5.41) is 0. The molecule has 0 bridgehead atoms. The third-order valence-corrected chi connectivity index (χ3v) is 3.28. The largest absolute Gasteiger partial charge is 0.497 e. The summed E-state index contributed by atoms with van der Waals surface area (Å²) < 4.78 is 86.6. The number of hydrogen-bond donors (Lipinski definition) is 0. The highest BCUT2D eigenvalue weighted by Gasteiger charge is 2.26. The second-order valence-corrected chi connectivity index (χ2v) is 4.61. The van der Waals surface area contributed by atoms with E-state index in [1.165, 1.54) is 7.11 Å². The van der Waals surface area contributed by atoms with Gasteiger partial charge in [0.2, 0.25) is 7.28 Å². The summed E-state index contributed by atoms with van der Waals surface area (Å²) in [5.41, 5.74) is -2.64. The van der Waals surface area contributed by atoms with Gasteiger partial charge < -0.3 is 4.74 Å². The van der Waals surface area contributed by atoms with Gasteiger partial charge in [-0.1, -0.05) is 0 Å². The number of ether oxygens (including phenoxy) is 1. The quantitative estimate of drug-likeness (QED) is 0.479. The van der Waals surface area contributed by atoms with Crippen LogP contribution in [0.5, 0.6) is 5.75 Å². The lowest BCUT2D eigenvalue weighted by Crippen LogP contribution is -2.38. The van der Waals surface area contributed by atoms with E-state index in [1.54, 1.807) is 0 Å². The van der Waals surface area contributed by atoms with Gasteiger partial charge in [-0.3, -0.25) is 0 Å². The molecule has 2 aromatic rings. The summed E-state index contributed by atoms with van der Waals surface area (Å²) in [4.78, 5) is 0. The Kier molecular flexibility index (Phi) is 4.39. The summed E-state index contributed by atoms with van der Waals surface area (Å²) in [6, 6.07) is 1.60. The topological polar surface area (TPSA) is 9.23 Å². The van der Waals surface area contributed by atoms with Gasteiger partial charge in [-0.05, 0) is 17.8 Å². The molecule has 2 rings (SSSR count). The first-order valence-electron chi connectivity index (χ1n) is 6.11. The fraction of sp³-hybridized carbons (Fsp3) is 0.143. The van der Waals surface area contributed by atoms with E-state index in [4.69, 9.17) is 0 Å². The molecule has 0 radical (unpaired) electrons. The van der Waals surface area contributed by atoms with E-state index in [0.717, 1.165) is 19.1 Å². The number of hydrogen-bond acceptors (Lipinski definition) is 1. The SMILES string of the molecule is COc1cc(F)c(Bc2c(F)c(F)c(C)c(F)c2F)c(F)c1. The molecule has 0 aliphatic rings. The Morgan fingerprint density at radius 1 is 0.773 bits per heavy atom.